The van der Waals surface area contributed by atoms with Gasteiger partial charge in [-0.2, -0.15) is 0 Å². The summed E-state index contributed by atoms with van der Waals surface area (Å²) in [7, 11) is 0. The molecule has 0 bridgehead atoms. The predicted octanol–water partition coefficient (Wildman–Crippen LogP) is 1.03. The first kappa shape index (κ1) is 14.7. The van der Waals surface area contributed by atoms with Crippen molar-refractivity contribution in [3.63, 3.8) is 0 Å². The average molecular weight is 299 g/mol. The van der Waals surface area contributed by atoms with Crippen LogP contribution >= 0.6 is 11.6 Å². The van der Waals surface area contributed by atoms with Crippen LogP contribution < -0.4 is 5.32 Å². The second kappa shape index (κ2) is 6.67. The van der Waals surface area contributed by atoms with Gasteiger partial charge in [0.25, 0.3) is 0 Å². The molecule has 7 heteroatoms. The number of aromatic nitrogens is 1. The molecule has 1 aliphatic rings. The summed E-state index contributed by atoms with van der Waals surface area (Å²) in [4.78, 5) is 27.0. The third kappa shape index (κ3) is 3.91. The smallest absolute Gasteiger partial charge is 0.326 e. The fourth-order valence-electron chi connectivity index (χ4n) is 2.01. The van der Waals surface area contributed by atoms with E-state index in [4.69, 9.17) is 16.3 Å². The first-order valence-electron chi connectivity index (χ1n) is 6.31. The van der Waals surface area contributed by atoms with Gasteiger partial charge in [-0.05, 0) is 24.5 Å². The number of carboxylic acid groups (broad SMARTS) is 1. The van der Waals surface area contributed by atoms with Gasteiger partial charge in [-0.25, -0.2) is 9.78 Å². The van der Waals surface area contributed by atoms with Crippen molar-refractivity contribution in [2.45, 2.75) is 31.4 Å². The SMILES string of the molecule is O=C(O)[C@H](Cc1ccc(Cl)nc1)NC(=O)[C@H]1CCCO1. The molecule has 1 amide bonds. The highest BCUT2D eigenvalue weighted by Crippen LogP contribution is 2.13. The number of halogens is 1. The summed E-state index contributed by atoms with van der Waals surface area (Å²) in [6.45, 7) is 0.539. The topological polar surface area (TPSA) is 88.5 Å². The molecule has 1 saturated heterocycles. The summed E-state index contributed by atoms with van der Waals surface area (Å²) in [6, 6.07) is 2.26. The lowest BCUT2D eigenvalue weighted by atomic mass is 10.1. The van der Waals surface area contributed by atoms with Gasteiger partial charge in [0.05, 0.1) is 0 Å². The Morgan fingerprint density at radius 1 is 1.55 bits per heavy atom. The van der Waals surface area contributed by atoms with Gasteiger partial charge in [0.1, 0.15) is 17.3 Å². The lowest BCUT2D eigenvalue weighted by Gasteiger charge is -2.17. The van der Waals surface area contributed by atoms with Gasteiger partial charge in [-0.1, -0.05) is 17.7 Å². The van der Waals surface area contributed by atoms with Crippen molar-refractivity contribution < 1.29 is 19.4 Å². The predicted molar refractivity (Wildman–Crippen MR) is 71.5 cm³/mol. The van der Waals surface area contributed by atoms with Gasteiger partial charge in [0, 0.05) is 19.2 Å². The third-order valence-electron chi connectivity index (χ3n) is 3.07. The van der Waals surface area contributed by atoms with Crippen LogP contribution in [0.2, 0.25) is 5.15 Å². The maximum Gasteiger partial charge on any atom is 0.326 e. The first-order valence-corrected chi connectivity index (χ1v) is 6.69. The van der Waals surface area contributed by atoms with Gasteiger partial charge >= 0.3 is 5.97 Å². The summed E-state index contributed by atoms with van der Waals surface area (Å²) < 4.78 is 5.23. The summed E-state index contributed by atoms with van der Waals surface area (Å²) in [5.74, 6) is -1.47. The van der Waals surface area contributed by atoms with Crippen molar-refractivity contribution >= 4 is 23.5 Å². The number of carbonyl (C=O) groups excluding carboxylic acids is 1. The molecule has 1 aromatic heterocycles. The van der Waals surface area contributed by atoms with E-state index in [0.29, 0.717) is 23.7 Å². The second-order valence-corrected chi connectivity index (χ2v) is 4.98. The number of nitrogens with one attached hydrogen (secondary N) is 1. The van der Waals surface area contributed by atoms with Crippen molar-refractivity contribution in [1.82, 2.24) is 10.3 Å². The van der Waals surface area contributed by atoms with E-state index in [-0.39, 0.29) is 12.3 Å². The van der Waals surface area contributed by atoms with Crippen molar-refractivity contribution in [2.75, 3.05) is 6.61 Å². The molecular weight excluding hydrogens is 284 g/mol. The van der Waals surface area contributed by atoms with Crippen LogP contribution in [-0.4, -0.2) is 40.7 Å². The molecule has 2 rings (SSSR count). The van der Waals surface area contributed by atoms with Crippen molar-refractivity contribution in [2.24, 2.45) is 0 Å². The quantitative estimate of drug-likeness (QED) is 0.793. The van der Waals surface area contributed by atoms with Crippen LogP contribution in [0, 0.1) is 0 Å². The molecule has 0 unspecified atom stereocenters. The summed E-state index contributed by atoms with van der Waals surface area (Å²) >= 11 is 5.67. The zero-order chi connectivity index (χ0) is 14.5. The number of aliphatic carboxylic acids is 1. The molecule has 0 spiro atoms. The molecule has 6 nitrogen and oxygen atoms in total. The lowest BCUT2D eigenvalue weighted by molar-refractivity contribution is -0.143. The Morgan fingerprint density at radius 3 is 2.90 bits per heavy atom. The highest BCUT2D eigenvalue weighted by atomic mass is 35.5. The van der Waals surface area contributed by atoms with E-state index < -0.39 is 18.1 Å². The number of carbonyl (C=O) groups is 2. The van der Waals surface area contributed by atoms with E-state index >= 15 is 0 Å². The molecule has 2 heterocycles. The average Bonchev–Trinajstić information content (AvgIpc) is 2.94. The molecule has 1 aromatic rings. The Bertz CT molecular complexity index is 486. The minimum atomic E-state index is -1.09. The molecule has 0 saturated carbocycles. The molecule has 0 radical (unpaired) electrons. The normalized spacial score (nSPS) is 19.6. The Kier molecular flexibility index (Phi) is 4.92. The number of rotatable bonds is 5. The second-order valence-electron chi connectivity index (χ2n) is 4.59. The molecule has 1 aliphatic heterocycles. The largest absolute Gasteiger partial charge is 0.480 e. The van der Waals surface area contributed by atoms with Gasteiger partial charge < -0.3 is 15.2 Å². The Morgan fingerprint density at radius 2 is 2.35 bits per heavy atom. The van der Waals surface area contributed by atoms with Gasteiger partial charge in [-0.15, -0.1) is 0 Å². The monoisotopic (exact) mass is 298 g/mol. The van der Waals surface area contributed by atoms with Crippen LogP contribution in [0.15, 0.2) is 18.3 Å². The molecule has 2 atom stereocenters. The van der Waals surface area contributed by atoms with Crippen molar-refractivity contribution in [3.8, 4) is 0 Å². The van der Waals surface area contributed by atoms with E-state index in [2.05, 4.69) is 10.3 Å². The Labute approximate surface area is 121 Å². The van der Waals surface area contributed by atoms with Crippen LogP contribution in [0.3, 0.4) is 0 Å². The van der Waals surface area contributed by atoms with Gasteiger partial charge in [-0.3, -0.25) is 4.79 Å². The highest BCUT2D eigenvalue weighted by Gasteiger charge is 2.28. The van der Waals surface area contributed by atoms with Crippen molar-refractivity contribution in [3.05, 3.63) is 29.0 Å². The van der Waals surface area contributed by atoms with Crippen LogP contribution in [0.25, 0.3) is 0 Å². The number of hydrogen-bond acceptors (Lipinski definition) is 4. The number of pyridine rings is 1. The minimum Gasteiger partial charge on any atom is -0.480 e. The molecule has 2 N–H and O–H groups in total. The maximum absolute atomic E-state index is 11.9. The molecule has 0 aromatic carbocycles. The summed E-state index contributed by atoms with van der Waals surface area (Å²) in [5, 5.41) is 12.0. The van der Waals surface area contributed by atoms with Crippen LogP contribution in [0.1, 0.15) is 18.4 Å². The molecule has 20 heavy (non-hydrogen) atoms. The van der Waals surface area contributed by atoms with E-state index in [1.165, 1.54) is 6.20 Å². The zero-order valence-corrected chi connectivity index (χ0v) is 11.5. The van der Waals surface area contributed by atoms with E-state index in [1.54, 1.807) is 12.1 Å². The number of nitrogens with zero attached hydrogens (tertiary/aromatic N) is 1. The first-order chi connectivity index (χ1) is 9.56. The maximum atomic E-state index is 11.9. The standard InChI is InChI=1S/C13H15ClN2O4/c14-11-4-3-8(7-15-11)6-9(13(18)19)16-12(17)10-2-1-5-20-10/h3-4,7,9-10H,1-2,5-6H2,(H,16,17)(H,18,19)/t9-,10+/m0/s1. The number of ether oxygens (including phenoxy) is 1. The molecule has 108 valence electrons. The van der Waals surface area contributed by atoms with E-state index in [0.717, 1.165) is 6.42 Å². The van der Waals surface area contributed by atoms with Crippen LogP contribution in [0.4, 0.5) is 0 Å². The minimum absolute atomic E-state index is 0.151. The lowest BCUT2D eigenvalue weighted by Crippen LogP contribution is -2.46. The number of carboxylic acids is 1. The molecule has 1 fully saturated rings. The number of hydrogen-bond donors (Lipinski definition) is 2. The molecule has 0 aliphatic carbocycles. The Hall–Kier alpha value is -1.66. The fraction of sp³-hybridized carbons (Fsp3) is 0.462. The molecular formula is C13H15ClN2O4. The fourth-order valence-corrected chi connectivity index (χ4v) is 2.12. The van der Waals surface area contributed by atoms with Gasteiger partial charge in [0.15, 0.2) is 0 Å². The van der Waals surface area contributed by atoms with Crippen molar-refractivity contribution in [1.29, 1.82) is 0 Å². The Balaban J connectivity index is 1.98. The number of amides is 1. The van der Waals surface area contributed by atoms with E-state index in [1.807, 2.05) is 0 Å². The zero-order valence-electron chi connectivity index (χ0n) is 10.7. The third-order valence-corrected chi connectivity index (χ3v) is 3.29. The van der Waals surface area contributed by atoms with E-state index in [9.17, 15) is 14.7 Å². The summed E-state index contributed by atoms with van der Waals surface area (Å²) in [5.41, 5.74) is 0.689. The highest BCUT2D eigenvalue weighted by molar-refractivity contribution is 6.29. The summed E-state index contributed by atoms with van der Waals surface area (Å²) in [6.07, 6.45) is 2.55. The van der Waals surface area contributed by atoms with Gasteiger partial charge in [0.2, 0.25) is 5.91 Å². The van der Waals surface area contributed by atoms with Crippen LogP contribution in [0.5, 0.6) is 0 Å². The van der Waals surface area contributed by atoms with Crippen LogP contribution in [-0.2, 0) is 20.7 Å².